The van der Waals surface area contributed by atoms with Crippen molar-refractivity contribution in [3.05, 3.63) is 47.9 Å². The zero-order valence-electron chi connectivity index (χ0n) is 12.7. The van der Waals surface area contributed by atoms with Gasteiger partial charge in [-0.3, -0.25) is 5.10 Å². The first-order valence-electron chi connectivity index (χ1n) is 7.06. The van der Waals surface area contributed by atoms with Gasteiger partial charge in [-0.2, -0.15) is 5.10 Å². The Kier molecular flexibility index (Phi) is 4.16. The minimum Gasteiger partial charge on any atom is -0.367 e. The predicted molar refractivity (Wildman–Crippen MR) is 83.0 cm³/mol. The van der Waals surface area contributed by atoms with E-state index < -0.39 is 17.7 Å². The molecule has 0 aliphatic heterocycles. The number of H-pyrrole nitrogens is 1. The summed E-state index contributed by atoms with van der Waals surface area (Å²) in [6, 6.07) is 3.38. The summed E-state index contributed by atoms with van der Waals surface area (Å²) in [5.41, 5.74) is 0.628. The van der Waals surface area contributed by atoms with Crippen molar-refractivity contribution in [3.8, 4) is 0 Å². The van der Waals surface area contributed by atoms with E-state index in [0.29, 0.717) is 11.5 Å². The molecular weight excluding hydrogens is 302 g/mol. The molecular formula is C15H16F2N6. The van der Waals surface area contributed by atoms with Gasteiger partial charge in [-0.25, -0.2) is 18.7 Å². The third-order valence-electron chi connectivity index (χ3n) is 3.67. The van der Waals surface area contributed by atoms with Gasteiger partial charge in [-0.05, 0) is 26.2 Å². The molecule has 0 amide bonds. The van der Waals surface area contributed by atoms with Crippen LogP contribution in [0.2, 0.25) is 0 Å². The molecule has 2 heterocycles. The standard InChI is InChI=1S/C15H16F2N6/c1-23(2)12(13-10(16)4-3-5-11(13)17)7-18-14-9-6-21-22-15(9)20-8-19-14/h3-6,8,12H,7H2,1-2H3,(H2,18,19,20,21,22). The Morgan fingerprint density at radius 3 is 2.65 bits per heavy atom. The number of hydrogen-bond acceptors (Lipinski definition) is 5. The van der Waals surface area contributed by atoms with E-state index in [1.165, 1.54) is 24.5 Å². The van der Waals surface area contributed by atoms with Crippen molar-refractivity contribution in [3.63, 3.8) is 0 Å². The molecule has 0 bridgehead atoms. The number of hydrogen-bond donors (Lipinski definition) is 2. The minimum absolute atomic E-state index is 0.0301. The lowest BCUT2D eigenvalue weighted by molar-refractivity contribution is 0.295. The lowest BCUT2D eigenvalue weighted by atomic mass is 10.0. The summed E-state index contributed by atoms with van der Waals surface area (Å²) in [4.78, 5) is 9.96. The molecule has 0 aliphatic carbocycles. The van der Waals surface area contributed by atoms with Gasteiger partial charge in [-0.15, -0.1) is 0 Å². The number of aromatic nitrogens is 4. The molecule has 0 saturated carbocycles. The summed E-state index contributed by atoms with van der Waals surface area (Å²) in [7, 11) is 3.54. The molecule has 0 spiro atoms. The molecule has 1 aromatic carbocycles. The molecule has 1 atom stereocenters. The minimum atomic E-state index is -0.568. The van der Waals surface area contributed by atoms with E-state index in [9.17, 15) is 8.78 Å². The van der Waals surface area contributed by atoms with Crippen LogP contribution in [-0.2, 0) is 0 Å². The lowest BCUT2D eigenvalue weighted by Crippen LogP contribution is -2.28. The highest BCUT2D eigenvalue weighted by atomic mass is 19.1. The van der Waals surface area contributed by atoms with Crippen LogP contribution in [0.3, 0.4) is 0 Å². The fourth-order valence-electron chi connectivity index (χ4n) is 2.47. The average Bonchev–Trinajstić information content (AvgIpc) is 2.99. The number of aromatic amines is 1. The zero-order chi connectivity index (χ0) is 16.4. The third kappa shape index (κ3) is 2.98. The highest BCUT2D eigenvalue weighted by Gasteiger charge is 2.22. The number of halogens is 2. The van der Waals surface area contributed by atoms with Crippen molar-refractivity contribution in [1.82, 2.24) is 25.1 Å². The summed E-state index contributed by atoms with van der Waals surface area (Å²) in [6.45, 7) is 0.280. The van der Waals surface area contributed by atoms with Gasteiger partial charge in [0.15, 0.2) is 5.65 Å². The first-order valence-corrected chi connectivity index (χ1v) is 7.06. The van der Waals surface area contributed by atoms with Crippen molar-refractivity contribution in [2.75, 3.05) is 26.0 Å². The maximum atomic E-state index is 14.1. The summed E-state index contributed by atoms with van der Waals surface area (Å²) in [5, 5.41) is 10.5. The normalized spacial score (nSPS) is 12.7. The smallest absolute Gasteiger partial charge is 0.160 e. The zero-order valence-corrected chi connectivity index (χ0v) is 12.7. The number of benzene rings is 1. The molecule has 23 heavy (non-hydrogen) atoms. The molecule has 6 nitrogen and oxygen atoms in total. The van der Waals surface area contributed by atoms with Crippen LogP contribution < -0.4 is 5.32 Å². The first-order chi connectivity index (χ1) is 11.1. The second-order valence-electron chi connectivity index (χ2n) is 5.35. The van der Waals surface area contributed by atoms with Crippen molar-refractivity contribution < 1.29 is 8.78 Å². The Morgan fingerprint density at radius 2 is 1.96 bits per heavy atom. The van der Waals surface area contributed by atoms with Crippen molar-refractivity contribution >= 4 is 16.9 Å². The number of nitrogens with one attached hydrogen (secondary N) is 2. The van der Waals surface area contributed by atoms with E-state index in [4.69, 9.17) is 0 Å². The summed E-state index contributed by atoms with van der Waals surface area (Å²) in [6.07, 6.45) is 3.00. The van der Waals surface area contributed by atoms with Crippen LogP contribution in [0.4, 0.5) is 14.6 Å². The molecule has 2 N–H and O–H groups in total. The monoisotopic (exact) mass is 318 g/mol. The molecule has 0 radical (unpaired) electrons. The van der Waals surface area contributed by atoms with E-state index in [2.05, 4.69) is 25.5 Å². The Bertz CT molecular complexity index is 796. The molecule has 8 heteroatoms. The maximum Gasteiger partial charge on any atom is 0.160 e. The third-order valence-corrected chi connectivity index (χ3v) is 3.67. The van der Waals surface area contributed by atoms with Gasteiger partial charge in [0.1, 0.15) is 23.8 Å². The maximum absolute atomic E-state index is 14.1. The first kappa shape index (κ1) is 15.3. The molecule has 3 rings (SSSR count). The quantitative estimate of drug-likeness (QED) is 0.756. The van der Waals surface area contributed by atoms with Crippen LogP contribution in [-0.4, -0.2) is 45.7 Å². The molecule has 1 unspecified atom stereocenters. The molecule has 0 aliphatic rings. The van der Waals surface area contributed by atoms with E-state index in [0.717, 1.165) is 5.39 Å². The summed E-state index contributed by atoms with van der Waals surface area (Å²) >= 11 is 0. The van der Waals surface area contributed by atoms with Crippen molar-refractivity contribution in [2.45, 2.75) is 6.04 Å². The fraction of sp³-hybridized carbons (Fsp3) is 0.267. The number of anilines is 1. The highest BCUT2D eigenvalue weighted by Crippen LogP contribution is 2.25. The van der Waals surface area contributed by atoms with Crippen LogP contribution in [0.15, 0.2) is 30.7 Å². The van der Waals surface area contributed by atoms with Crippen LogP contribution in [0.5, 0.6) is 0 Å². The topological polar surface area (TPSA) is 69.7 Å². The van der Waals surface area contributed by atoms with Crippen LogP contribution in [0.1, 0.15) is 11.6 Å². The number of fused-ring (bicyclic) bond motifs is 1. The van der Waals surface area contributed by atoms with Crippen LogP contribution in [0, 0.1) is 11.6 Å². The Hall–Kier alpha value is -2.61. The average molecular weight is 318 g/mol. The molecule has 120 valence electrons. The lowest BCUT2D eigenvalue weighted by Gasteiger charge is -2.26. The van der Waals surface area contributed by atoms with E-state index in [-0.39, 0.29) is 12.1 Å². The van der Waals surface area contributed by atoms with Crippen LogP contribution in [0.25, 0.3) is 11.0 Å². The molecule has 0 fully saturated rings. The van der Waals surface area contributed by atoms with Crippen LogP contribution >= 0.6 is 0 Å². The number of rotatable bonds is 5. The Morgan fingerprint density at radius 1 is 1.22 bits per heavy atom. The van der Waals surface area contributed by atoms with Gasteiger partial charge in [0.25, 0.3) is 0 Å². The largest absolute Gasteiger partial charge is 0.367 e. The summed E-state index contributed by atoms with van der Waals surface area (Å²) < 4.78 is 28.1. The van der Waals surface area contributed by atoms with Gasteiger partial charge in [0.05, 0.1) is 17.6 Å². The van der Waals surface area contributed by atoms with Gasteiger partial charge in [0, 0.05) is 12.1 Å². The second kappa shape index (κ2) is 6.25. The number of likely N-dealkylation sites (N-methyl/N-ethyl adjacent to an activating group) is 1. The molecule has 3 aromatic rings. The molecule has 0 saturated heterocycles. The van der Waals surface area contributed by atoms with Gasteiger partial charge in [-0.1, -0.05) is 6.07 Å². The van der Waals surface area contributed by atoms with Crippen molar-refractivity contribution in [1.29, 1.82) is 0 Å². The van der Waals surface area contributed by atoms with Gasteiger partial charge < -0.3 is 10.2 Å². The van der Waals surface area contributed by atoms with E-state index >= 15 is 0 Å². The summed E-state index contributed by atoms with van der Waals surface area (Å²) in [5.74, 6) is -0.573. The van der Waals surface area contributed by atoms with E-state index in [1.54, 1.807) is 25.2 Å². The fourth-order valence-corrected chi connectivity index (χ4v) is 2.47. The van der Waals surface area contributed by atoms with Gasteiger partial charge >= 0.3 is 0 Å². The highest BCUT2D eigenvalue weighted by molar-refractivity contribution is 5.85. The SMILES string of the molecule is CN(C)C(CNc1ncnc2[nH]ncc12)c1c(F)cccc1F. The molecule has 2 aromatic heterocycles. The number of nitrogens with zero attached hydrogens (tertiary/aromatic N) is 4. The predicted octanol–water partition coefficient (Wildman–Crippen LogP) is 2.35. The van der Waals surface area contributed by atoms with Crippen molar-refractivity contribution in [2.24, 2.45) is 0 Å². The van der Waals surface area contributed by atoms with Gasteiger partial charge in [0.2, 0.25) is 0 Å². The second-order valence-corrected chi connectivity index (χ2v) is 5.35. The van der Waals surface area contributed by atoms with E-state index in [1.807, 2.05) is 0 Å². The Balaban J connectivity index is 1.88. The Labute approximate surface area is 131 Å².